The molecule has 3 heteroatoms. The second-order valence-electron chi connectivity index (χ2n) is 3.96. The Hall–Kier alpha value is -1.54. The Bertz CT molecular complexity index is 508. The van der Waals surface area contributed by atoms with E-state index in [0.717, 1.165) is 28.3 Å². The first-order valence-electron chi connectivity index (χ1n) is 5.45. The number of ether oxygens (including phenoxy) is 1. The van der Waals surface area contributed by atoms with Gasteiger partial charge in [0.25, 0.3) is 0 Å². The predicted molar refractivity (Wildman–Crippen MR) is 69.8 cm³/mol. The van der Waals surface area contributed by atoms with Crippen molar-refractivity contribution in [2.75, 3.05) is 0 Å². The Kier molecular flexibility index (Phi) is 3.64. The van der Waals surface area contributed by atoms with Crippen molar-refractivity contribution in [1.82, 2.24) is 4.98 Å². The quantitative estimate of drug-likeness (QED) is 0.758. The molecule has 0 amide bonds. The van der Waals surface area contributed by atoms with Crippen LogP contribution >= 0.6 is 11.6 Å². The van der Waals surface area contributed by atoms with E-state index in [1.165, 1.54) is 0 Å². The van der Waals surface area contributed by atoms with E-state index in [9.17, 15) is 0 Å². The van der Waals surface area contributed by atoms with Gasteiger partial charge in [-0.25, -0.2) is 0 Å². The second kappa shape index (κ2) is 5.19. The van der Waals surface area contributed by atoms with Gasteiger partial charge in [-0.2, -0.15) is 0 Å². The number of aromatic nitrogens is 1. The second-order valence-corrected chi connectivity index (χ2v) is 4.23. The highest BCUT2D eigenvalue weighted by Crippen LogP contribution is 2.24. The third-order valence-corrected chi connectivity index (χ3v) is 2.87. The first kappa shape index (κ1) is 11.9. The first-order valence-corrected chi connectivity index (χ1v) is 5.98. The molecule has 0 saturated heterocycles. The average Bonchev–Trinajstić information content (AvgIpc) is 2.32. The molecule has 0 aliphatic heterocycles. The van der Waals surface area contributed by atoms with Crippen LogP contribution in [0.4, 0.5) is 0 Å². The van der Waals surface area contributed by atoms with Crippen molar-refractivity contribution in [2.45, 2.75) is 19.7 Å². The van der Waals surface area contributed by atoms with E-state index in [-0.39, 0.29) is 0 Å². The summed E-state index contributed by atoms with van der Waals surface area (Å²) in [5.74, 6) is 2.08. The lowest BCUT2D eigenvalue weighted by Crippen LogP contribution is -1.89. The van der Waals surface area contributed by atoms with Gasteiger partial charge in [-0.05, 0) is 49.2 Å². The highest BCUT2D eigenvalue weighted by Gasteiger charge is 2.01. The average molecular weight is 248 g/mol. The molecule has 2 rings (SSSR count). The SMILES string of the molecule is Cc1ccc(Oc2ccc(CCl)c(C)c2)cn1. The minimum atomic E-state index is 0.526. The smallest absolute Gasteiger partial charge is 0.145 e. The molecule has 0 atom stereocenters. The number of rotatable bonds is 3. The van der Waals surface area contributed by atoms with Gasteiger partial charge in [-0.3, -0.25) is 4.98 Å². The van der Waals surface area contributed by atoms with Gasteiger partial charge in [-0.15, -0.1) is 11.6 Å². The van der Waals surface area contributed by atoms with Crippen LogP contribution in [0.25, 0.3) is 0 Å². The monoisotopic (exact) mass is 247 g/mol. The summed E-state index contributed by atoms with van der Waals surface area (Å²) in [6, 6.07) is 9.73. The van der Waals surface area contributed by atoms with Crippen LogP contribution in [0.3, 0.4) is 0 Å². The maximum atomic E-state index is 5.81. The Balaban J connectivity index is 2.19. The lowest BCUT2D eigenvalue weighted by atomic mass is 10.1. The van der Waals surface area contributed by atoms with Crippen molar-refractivity contribution < 1.29 is 4.74 Å². The number of halogens is 1. The molecule has 1 heterocycles. The van der Waals surface area contributed by atoms with Crippen molar-refractivity contribution in [1.29, 1.82) is 0 Å². The summed E-state index contributed by atoms with van der Waals surface area (Å²) in [5, 5.41) is 0. The third-order valence-electron chi connectivity index (χ3n) is 2.58. The number of alkyl halides is 1. The molecule has 88 valence electrons. The van der Waals surface area contributed by atoms with Crippen molar-refractivity contribution >= 4 is 11.6 Å². The van der Waals surface area contributed by atoms with Crippen molar-refractivity contribution in [3.05, 3.63) is 53.3 Å². The molecule has 0 aliphatic carbocycles. The summed E-state index contributed by atoms with van der Waals surface area (Å²) in [6.07, 6.45) is 1.72. The summed E-state index contributed by atoms with van der Waals surface area (Å²) in [6.45, 7) is 3.97. The summed E-state index contributed by atoms with van der Waals surface area (Å²) < 4.78 is 5.71. The molecule has 0 radical (unpaired) electrons. The van der Waals surface area contributed by atoms with Crippen LogP contribution in [0.5, 0.6) is 11.5 Å². The van der Waals surface area contributed by atoms with E-state index in [4.69, 9.17) is 16.3 Å². The van der Waals surface area contributed by atoms with Gasteiger partial charge < -0.3 is 4.74 Å². The van der Waals surface area contributed by atoms with Gasteiger partial charge in [0, 0.05) is 11.6 Å². The molecular weight excluding hydrogens is 234 g/mol. The van der Waals surface area contributed by atoms with Crippen LogP contribution in [0.1, 0.15) is 16.8 Å². The maximum Gasteiger partial charge on any atom is 0.145 e. The summed E-state index contributed by atoms with van der Waals surface area (Å²) in [4.78, 5) is 4.19. The van der Waals surface area contributed by atoms with Crippen molar-refractivity contribution in [3.63, 3.8) is 0 Å². The molecule has 0 fully saturated rings. The Morgan fingerprint density at radius 3 is 2.47 bits per heavy atom. The minimum absolute atomic E-state index is 0.526. The highest BCUT2D eigenvalue weighted by molar-refractivity contribution is 6.17. The van der Waals surface area contributed by atoms with Crippen LogP contribution in [0.2, 0.25) is 0 Å². The molecule has 2 nitrogen and oxygen atoms in total. The van der Waals surface area contributed by atoms with Crippen LogP contribution < -0.4 is 4.74 Å². The van der Waals surface area contributed by atoms with Gasteiger partial charge in [0.2, 0.25) is 0 Å². The van der Waals surface area contributed by atoms with E-state index in [1.54, 1.807) is 6.20 Å². The summed E-state index contributed by atoms with van der Waals surface area (Å²) in [7, 11) is 0. The van der Waals surface area contributed by atoms with Gasteiger partial charge in [0.05, 0.1) is 6.20 Å². The Morgan fingerprint density at radius 2 is 1.88 bits per heavy atom. The number of aryl methyl sites for hydroxylation is 2. The molecule has 0 spiro atoms. The van der Waals surface area contributed by atoms with Gasteiger partial charge in [0.1, 0.15) is 11.5 Å². The molecule has 2 aromatic rings. The standard InChI is InChI=1S/C14H14ClNO/c1-10-7-13(6-4-12(10)8-15)17-14-5-3-11(2)16-9-14/h3-7,9H,8H2,1-2H3. The van der Waals surface area contributed by atoms with E-state index < -0.39 is 0 Å². The topological polar surface area (TPSA) is 22.1 Å². The minimum Gasteiger partial charge on any atom is -0.456 e. The lowest BCUT2D eigenvalue weighted by molar-refractivity contribution is 0.479. The normalized spacial score (nSPS) is 10.3. The van der Waals surface area contributed by atoms with Gasteiger partial charge in [-0.1, -0.05) is 6.07 Å². The number of nitrogens with zero attached hydrogens (tertiary/aromatic N) is 1. The molecule has 0 saturated carbocycles. The number of benzene rings is 1. The number of hydrogen-bond acceptors (Lipinski definition) is 2. The molecule has 17 heavy (non-hydrogen) atoms. The highest BCUT2D eigenvalue weighted by atomic mass is 35.5. The fourth-order valence-electron chi connectivity index (χ4n) is 1.53. The predicted octanol–water partition coefficient (Wildman–Crippen LogP) is 4.23. The van der Waals surface area contributed by atoms with Crippen molar-refractivity contribution in [3.8, 4) is 11.5 Å². The molecule has 0 bridgehead atoms. The van der Waals surface area contributed by atoms with Crippen LogP contribution in [0, 0.1) is 13.8 Å². The van der Waals surface area contributed by atoms with Crippen LogP contribution in [-0.4, -0.2) is 4.98 Å². The zero-order valence-corrected chi connectivity index (χ0v) is 10.7. The van der Waals surface area contributed by atoms with E-state index in [0.29, 0.717) is 5.88 Å². The number of pyridine rings is 1. The lowest BCUT2D eigenvalue weighted by Gasteiger charge is -2.08. The van der Waals surface area contributed by atoms with Gasteiger partial charge in [0.15, 0.2) is 0 Å². The van der Waals surface area contributed by atoms with E-state index >= 15 is 0 Å². The largest absolute Gasteiger partial charge is 0.456 e. The molecule has 1 aromatic heterocycles. The number of hydrogen-bond donors (Lipinski definition) is 0. The van der Waals surface area contributed by atoms with Gasteiger partial charge >= 0.3 is 0 Å². The van der Waals surface area contributed by atoms with Crippen molar-refractivity contribution in [2.24, 2.45) is 0 Å². The van der Waals surface area contributed by atoms with Crippen LogP contribution in [0.15, 0.2) is 36.5 Å². The third kappa shape index (κ3) is 2.98. The zero-order chi connectivity index (χ0) is 12.3. The zero-order valence-electron chi connectivity index (χ0n) is 9.90. The fourth-order valence-corrected chi connectivity index (χ4v) is 1.83. The molecule has 0 N–H and O–H groups in total. The molecule has 1 aromatic carbocycles. The molecular formula is C14H14ClNO. The Labute approximate surface area is 106 Å². The molecule has 0 aliphatic rings. The first-order chi connectivity index (χ1) is 8.19. The summed E-state index contributed by atoms with van der Waals surface area (Å²) in [5.41, 5.74) is 3.24. The maximum absolute atomic E-state index is 5.81. The fraction of sp³-hybridized carbons (Fsp3) is 0.214. The van der Waals surface area contributed by atoms with E-state index in [2.05, 4.69) is 4.98 Å². The van der Waals surface area contributed by atoms with Crippen LogP contribution in [-0.2, 0) is 5.88 Å². The summed E-state index contributed by atoms with van der Waals surface area (Å²) >= 11 is 5.81. The molecule has 0 unspecified atom stereocenters. The van der Waals surface area contributed by atoms with E-state index in [1.807, 2.05) is 44.2 Å². The Morgan fingerprint density at radius 1 is 1.12 bits per heavy atom.